The monoisotopic (exact) mass is 315 g/mol. The van der Waals surface area contributed by atoms with Crippen LogP contribution in [-0.4, -0.2) is 54.3 Å². The van der Waals surface area contributed by atoms with Gasteiger partial charge in [0.05, 0.1) is 18.5 Å². The van der Waals surface area contributed by atoms with Crippen molar-refractivity contribution in [2.45, 2.75) is 37.3 Å². The Morgan fingerprint density at radius 2 is 2.27 bits per heavy atom. The van der Waals surface area contributed by atoms with Crippen LogP contribution < -0.4 is 5.73 Å². The molecule has 3 heterocycles. The summed E-state index contributed by atoms with van der Waals surface area (Å²) in [5.41, 5.74) is 4.25. The molecule has 2 aromatic rings. The van der Waals surface area contributed by atoms with Gasteiger partial charge in [-0.05, 0) is 6.42 Å². The van der Waals surface area contributed by atoms with Gasteiger partial charge in [-0.2, -0.15) is 9.37 Å². The van der Waals surface area contributed by atoms with Crippen molar-refractivity contribution in [1.82, 2.24) is 19.6 Å². The van der Waals surface area contributed by atoms with E-state index in [1.807, 2.05) is 0 Å². The molecule has 4 atom stereocenters. The molecular weight excluding hydrogens is 300 g/mol. The van der Waals surface area contributed by atoms with E-state index in [0.717, 1.165) is 4.52 Å². The Morgan fingerprint density at radius 1 is 1.55 bits per heavy atom. The SMILES string of the molecule is CC[C@]1(CO)O[C@@H](c2cnc3c(N)nc(F)nn23)[C@H](F)[C@@H]1O. The molecule has 0 saturated carbocycles. The topological polar surface area (TPSA) is 119 Å². The minimum Gasteiger partial charge on any atom is -0.393 e. The Bertz CT molecular complexity index is 705. The minimum absolute atomic E-state index is 0.0553. The number of imidazole rings is 1. The zero-order valence-electron chi connectivity index (χ0n) is 11.6. The van der Waals surface area contributed by atoms with Crippen molar-refractivity contribution in [2.24, 2.45) is 0 Å². The number of nitrogens with zero attached hydrogens (tertiary/aromatic N) is 4. The number of halogens is 2. The summed E-state index contributed by atoms with van der Waals surface area (Å²) in [6, 6.07) is 0. The van der Waals surface area contributed by atoms with E-state index in [-0.39, 0.29) is 23.6 Å². The fraction of sp³-hybridized carbons (Fsp3) is 0.583. The second-order valence-electron chi connectivity index (χ2n) is 5.19. The summed E-state index contributed by atoms with van der Waals surface area (Å²) in [6.07, 6.45) is -4.28. The van der Waals surface area contributed by atoms with Crippen LogP contribution in [0.1, 0.15) is 25.1 Å². The average molecular weight is 315 g/mol. The van der Waals surface area contributed by atoms with Crippen LogP contribution in [0.25, 0.3) is 5.65 Å². The first-order valence-electron chi connectivity index (χ1n) is 6.71. The summed E-state index contributed by atoms with van der Waals surface area (Å²) >= 11 is 0. The van der Waals surface area contributed by atoms with Crippen molar-refractivity contribution >= 4 is 11.5 Å². The summed E-state index contributed by atoms with van der Waals surface area (Å²) in [4.78, 5) is 7.25. The Hall–Kier alpha value is -1.91. The first-order chi connectivity index (χ1) is 10.4. The van der Waals surface area contributed by atoms with E-state index in [4.69, 9.17) is 10.5 Å². The highest BCUT2D eigenvalue weighted by molar-refractivity contribution is 5.59. The maximum absolute atomic E-state index is 14.4. The van der Waals surface area contributed by atoms with Crippen LogP contribution in [-0.2, 0) is 4.74 Å². The molecule has 2 aromatic heterocycles. The summed E-state index contributed by atoms with van der Waals surface area (Å²) in [5, 5.41) is 23.0. The zero-order valence-corrected chi connectivity index (χ0v) is 11.6. The third-order valence-electron chi connectivity index (χ3n) is 4.04. The Kier molecular flexibility index (Phi) is 3.46. The Morgan fingerprint density at radius 3 is 2.86 bits per heavy atom. The van der Waals surface area contributed by atoms with Crippen LogP contribution in [0.2, 0.25) is 0 Å². The van der Waals surface area contributed by atoms with Gasteiger partial charge >= 0.3 is 6.08 Å². The lowest BCUT2D eigenvalue weighted by Crippen LogP contribution is -2.44. The fourth-order valence-corrected chi connectivity index (χ4v) is 2.69. The zero-order chi connectivity index (χ0) is 16.1. The third-order valence-corrected chi connectivity index (χ3v) is 4.04. The number of aliphatic hydroxyl groups is 2. The van der Waals surface area contributed by atoms with Crippen LogP contribution in [0.15, 0.2) is 6.20 Å². The second kappa shape index (κ2) is 5.07. The van der Waals surface area contributed by atoms with Gasteiger partial charge in [0.15, 0.2) is 17.6 Å². The molecule has 0 radical (unpaired) electrons. The van der Waals surface area contributed by atoms with Gasteiger partial charge in [-0.1, -0.05) is 6.92 Å². The van der Waals surface area contributed by atoms with Crippen LogP contribution in [0.4, 0.5) is 14.6 Å². The van der Waals surface area contributed by atoms with Crippen LogP contribution >= 0.6 is 0 Å². The van der Waals surface area contributed by atoms with Gasteiger partial charge in [0, 0.05) is 0 Å². The van der Waals surface area contributed by atoms with Crippen molar-refractivity contribution in [1.29, 1.82) is 0 Å². The normalized spacial score (nSPS) is 32.0. The van der Waals surface area contributed by atoms with E-state index in [2.05, 4.69) is 15.1 Å². The number of hydrogen-bond acceptors (Lipinski definition) is 7. The summed E-state index contributed by atoms with van der Waals surface area (Å²) in [5.74, 6) is -0.198. The number of ether oxygens (including phenoxy) is 1. The largest absolute Gasteiger partial charge is 0.393 e. The molecule has 1 saturated heterocycles. The van der Waals surface area contributed by atoms with Crippen molar-refractivity contribution in [3.63, 3.8) is 0 Å². The summed E-state index contributed by atoms with van der Waals surface area (Å²) < 4.78 is 34.3. The number of aliphatic hydroxyl groups excluding tert-OH is 2. The fourth-order valence-electron chi connectivity index (χ4n) is 2.69. The number of fused-ring (bicyclic) bond motifs is 1. The van der Waals surface area contributed by atoms with Gasteiger partial charge in [-0.25, -0.2) is 13.9 Å². The van der Waals surface area contributed by atoms with E-state index in [9.17, 15) is 19.0 Å². The van der Waals surface area contributed by atoms with E-state index in [0.29, 0.717) is 0 Å². The van der Waals surface area contributed by atoms with E-state index < -0.39 is 36.7 Å². The highest BCUT2D eigenvalue weighted by atomic mass is 19.1. The Labute approximate surface area is 123 Å². The molecular formula is C12H15F2N5O3. The van der Waals surface area contributed by atoms with Crippen molar-refractivity contribution in [3.05, 3.63) is 18.0 Å². The molecule has 0 aliphatic carbocycles. The molecule has 0 spiro atoms. The molecule has 0 aromatic carbocycles. The standard InChI is InChI=1S/C12H15F2N5O3/c1-2-12(4-20)8(21)6(13)7(22-12)5-3-16-10-9(15)17-11(14)18-19(5)10/h3,6-8,20-21H,2,4H2,1H3,(H2,15,17,18)/t6-,7-,8-,12+/m0/s1. The summed E-state index contributed by atoms with van der Waals surface area (Å²) in [6.45, 7) is 1.10. The molecule has 0 unspecified atom stereocenters. The molecule has 0 amide bonds. The average Bonchev–Trinajstić information content (AvgIpc) is 3.01. The number of anilines is 1. The van der Waals surface area contributed by atoms with Gasteiger partial charge in [0.1, 0.15) is 17.8 Å². The lowest BCUT2D eigenvalue weighted by molar-refractivity contribution is -0.115. The molecule has 1 aliphatic rings. The molecule has 8 nitrogen and oxygen atoms in total. The number of aromatic nitrogens is 4. The van der Waals surface area contributed by atoms with E-state index in [1.54, 1.807) is 6.92 Å². The lowest BCUT2D eigenvalue weighted by Gasteiger charge is -2.28. The highest BCUT2D eigenvalue weighted by Gasteiger charge is 2.55. The predicted molar refractivity (Wildman–Crippen MR) is 70.0 cm³/mol. The van der Waals surface area contributed by atoms with Crippen molar-refractivity contribution in [3.8, 4) is 0 Å². The third kappa shape index (κ3) is 1.95. The molecule has 10 heteroatoms. The number of rotatable bonds is 3. The van der Waals surface area contributed by atoms with Gasteiger partial charge in [0.25, 0.3) is 0 Å². The number of alkyl halides is 1. The second-order valence-corrected chi connectivity index (χ2v) is 5.19. The molecule has 0 bridgehead atoms. The van der Waals surface area contributed by atoms with Crippen LogP contribution in [0.3, 0.4) is 0 Å². The predicted octanol–water partition coefficient (Wildman–Crippen LogP) is -0.243. The molecule has 120 valence electrons. The first kappa shape index (κ1) is 15.0. The molecule has 1 fully saturated rings. The van der Waals surface area contributed by atoms with E-state index >= 15 is 0 Å². The summed E-state index contributed by atoms with van der Waals surface area (Å²) in [7, 11) is 0. The van der Waals surface area contributed by atoms with Crippen LogP contribution in [0, 0.1) is 6.08 Å². The van der Waals surface area contributed by atoms with Crippen LogP contribution in [0.5, 0.6) is 0 Å². The smallest absolute Gasteiger partial charge is 0.328 e. The van der Waals surface area contributed by atoms with Crippen molar-refractivity contribution < 1.29 is 23.7 Å². The van der Waals surface area contributed by atoms with Crippen molar-refractivity contribution in [2.75, 3.05) is 12.3 Å². The van der Waals surface area contributed by atoms with Gasteiger partial charge < -0.3 is 20.7 Å². The minimum atomic E-state index is -1.83. The Balaban J connectivity index is 2.09. The number of hydrogen-bond donors (Lipinski definition) is 3. The lowest BCUT2D eigenvalue weighted by atomic mass is 9.93. The maximum Gasteiger partial charge on any atom is 0.328 e. The molecule has 1 aliphatic heterocycles. The quantitative estimate of drug-likeness (QED) is 0.715. The molecule has 3 rings (SSSR count). The number of nitrogens with two attached hydrogens (primary N) is 1. The molecule has 22 heavy (non-hydrogen) atoms. The first-order valence-corrected chi connectivity index (χ1v) is 6.71. The number of nitrogen functional groups attached to an aromatic ring is 1. The van der Waals surface area contributed by atoms with Gasteiger partial charge in [-0.15, -0.1) is 5.10 Å². The molecule has 4 N–H and O–H groups in total. The van der Waals surface area contributed by atoms with Gasteiger partial charge in [-0.3, -0.25) is 0 Å². The highest BCUT2D eigenvalue weighted by Crippen LogP contribution is 2.43. The maximum atomic E-state index is 14.4. The van der Waals surface area contributed by atoms with Gasteiger partial charge in [0.2, 0.25) is 0 Å². The van der Waals surface area contributed by atoms with E-state index in [1.165, 1.54) is 6.20 Å².